The minimum atomic E-state index is -6.05. The van der Waals surface area contributed by atoms with Crippen LogP contribution in [0.1, 0.15) is 27.9 Å². The molecule has 0 aliphatic heterocycles. The highest BCUT2D eigenvalue weighted by molar-refractivity contribution is 7.88. The van der Waals surface area contributed by atoms with Gasteiger partial charge in [0, 0.05) is 19.0 Å². The molecule has 0 N–H and O–H groups in total. The molecule has 3 aromatic rings. The number of nitrogens with zero attached hydrogens (tertiary/aromatic N) is 1. The SMILES string of the molecule is O=C(c1c(OS(=O)(=O)C(F)(F)F)ccc2ccccc12)N(CC1=CC=CC=C(F)C1)C1Cc2ccccc2C1. The highest BCUT2D eigenvalue weighted by Crippen LogP contribution is 2.36. The molecule has 2 aliphatic carbocycles. The maximum Gasteiger partial charge on any atom is 0.534 e. The molecule has 1 amide bonds. The van der Waals surface area contributed by atoms with Crippen LogP contribution < -0.4 is 4.18 Å². The number of amides is 1. The first-order valence-corrected chi connectivity index (χ1v) is 13.6. The van der Waals surface area contributed by atoms with Gasteiger partial charge in [-0.3, -0.25) is 4.79 Å². The lowest BCUT2D eigenvalue weighted by atomic mass is 10.00. The van der Waals surface area contributed by atoms with Gasteiger partial charge in [0.2, 0.25) is 0 Å². The van der Waals surface area contributed by atoms with E-state index in [1.807, 2.05) is 24.3 Å². The van der Waals surface area contributed by atoms with E-state index in [2.05, 4.69) is 4.18 Å². The number of hydrogen-bond donors (Lipinski definition) is 0. The molecule has 0 spiro atoms. The zero-order valence-electron chi connectivity index (χ0n) is 20.5. The summed E-state index contributed by atoms with van der Waals surface area (Å²) >= 11 is 0. The molecular weight excluding hydrogens is 534 g/mol. The Morgan fingerprint density at radius 3 is 2.26 bits per heavy atom. The molecule has 2 aliphatic rings. The second kappa shape index (κ2) is 10.3. The minimum absolute atomic E-state index is 0.0161. The molecule has 0 heterocycles. The van der Waals surface area contributed by atoms with Gasteiger partial charge in [-0.2, -0.15) is 21.6 Å². The smallest absolute Gasteiger partial charge is 0.375 e. The van der Waals surface area contributed by atoms with Gasteiger partial charge in [0.15, 0.2) is 5.75 Å². The summed E-state index contributed by atoms with van der Waals surface area (Å²) in [7, 11) is -6.05. The third kappa shape index (κ3) is 5.47. The van der Waals surface area contributed by atoms with Gasteiger partial charge in [0.1, 0.15) is 5.83 Å². The van der Waals surface area contributed by atoms with Crippen LogP contribution in [0, 0.1) is 0 Å². The van der Waals surface area contributed by atoms with Crippen molar-refractivity contribution in [1.82, 2.24) is 4.90 Å². The number of carbonyl (C=O) groups is 1. The summed E-state index contributed by atoms with van der Waals surface area (Å²) in [5.41, 5.74) is -3.37. The van der Waals surface area contributed by atoms with Gasteiger partial charge in [-0.05, 0) is 52.5 Å². The van der Waals surface area contributed by atoms with Crippen LogP contribution in [0.5, 0.6) is 5.75 Å². The van der Waals surface area contributed by atoms with Crippen molar-refractivity contribution in [2.75, 3.05) is 6.54 Å². The van der Waals surface area contributed by atoms with E-state index >= 15 is 0 Å². The van der Waals surface area contributed by atoms with Crippen LogP contribution in [0.3, 0.4) is 0 Å². The Hall–Kier alpha value is -3.92. The number of rotatable bonds is 6. The number of halogens is 4. The summed E-state index contributed by atoms with van der Waals surface area (Å²) < 4.78 is 82.5. The summed E-state index contributed by atoms with van der Waals surface area (Å²) in [6.07, 6.45) is 7.11. The Bertz CT molecular complexity index is 1620. The van der Waals surface area contributed by atoms with Crippen molar-refractivity contribution >= 4 is 26.8 Å². The van der Waals surface area contributed by atoms with Crippen molar-refractivity contribution in [3.8, 4) is 5.75 Å². The molecule has 0 unspecified atom stereocenters. The first-order valence-electron chi connectivity index (χ1n) is 12.1. The number of alkyl halides is 3. The summed E-state index contributed by atoms with van der Waals surface area (Å²) in [6.45, 7) is -0.0161. The summed E-state index contributed by atoms with van der Waals surface area (Å²) in [4.78, 5) is 15.8. The van der Waals surface area contributed by atoms with E-state index in [1.54, 1.807) is 36.4 Å². The molecule has 0 saturated carbocycles. The van der Waals surface area contributed by atoms with Gasteiger partial charge < -0.3 is 9.08 Å². The van der Waals surface area contributed by atoms with Crippen LogP contribution in [0.25, 0.3) is 10.8 Å². The molecule has 3 aromatic carbocycles. The second-order valence-electron chi connectivity index (χ2n) is 9.41. The third-order valence-corrected chi connectivity index (χ3v) is 7.77. The molecule has 0 aromatic heterocycles. The van der Waals surface area contributed by atoms with Crippen LogP contribution in [-0.4, -0.2) is 37.3 Å². The Labute approximate surface area is 222 Å². The van der Waals surface area contributed by atoms with Crippen molar-refractivity contribution in [3.05, 3.63) is 113 Å². The van der Waals surface area contributed by atoms with E-state index in [0.717, 1.165) is 17.2 Å². The van der Waals surface area contributed by atoms with Crippen molar-refractivity contribution < 1.29 is 35.0 Å². The minimum Gasteiger partial charge on any atom is -0.375 e. The van der Waals surface area contributed by atoms with E-state index < -0.39 is 39.2 Å². The fourth-order valence-corrected chi connectivity index (χ4v) is 5.46. The maximum absolute atomic E-state index is 14.3. The zero-order chi connectivity index (χ0) is 27.8. The van der Waals surface area contributed by atoms with Crippen LogP contribution >= 0.6 is 0 Å². The van der Waals surface area contributed by atoms with Gasteiger partial charge in [0.05, 0.1) is 5.56 Å². The number of fused-ring (bicyclic) bond motifs is 2. The van der Waals surface area contributed by atoms with Crippen LogP contribution in [0.4, 0.5) is 17.6 Å². The number of carbonyl (C=O) groups excluding carboxylic acids is 1. The molecule has 0 bridgehead atoms. The van der Waals surface area contributed by atoms with Crippen LogP contribution in [-0.2, 0) is 23.0 Å². The average molecular weight is 558 g/mol. The largest absolute Gasteiger partial charge is 0.534 e. The van der Waals surface area contributed by atoms with Gasteiger partial charge in [0.25, 0.3) is 5.91 Å². The Morgan fingerprint density at radius 2 is 1.56 bits per heavy atom. The molecule has 39 heavy (non-hydrogen) atoms. The fraction of sp³-hybridized carbons (Fsp3) is 0.207. The van der Waals surface area contributed by atoms with Crippen molar-refractivity contribution in [1.29, 1.82) is 0 Å². The summed E-state index contributed by atoms with van der Waals surface area (Å²) in [5.74, 6) is -1.84. The number of benzene rings is 3. The molecule has 202 valence electrons. The number of hydrogen-bond acceptors (Lipinski definition) is 4. The van der Waals surface area contributed by atoms with E-state index in [0.29, 0.717) is 23.8 Å². The molecular formula is C29H23F4NO4S. The normalized spacial score (nSPS) is 15.9. The van der Waals surface area contributed by atoms with E-state index in [1.165, 1.54) is 23.1 Å². The lowest BCUT2D eigenvalue weighted by Crippen LogP contribution is -2.42. The van der Waals surface area contributed by atoms with E-state index in [4.69, 9.17) is 0 Å². The van der Waals surface area contributed by atoms with Gasteiger partial charge in [-0.25, -0.2) is 4.39 Å². The molecule has 0 radical (unpaired) electrons. The fourth-order valence-electron chi connectivity index (χ4n) is 4.99. The maximum atomic E-state index is 14.3. The lowest BCUT2D eigenvalue weighted by Gasteiger charge is -2.31. The predicted molar refractivity (Wildman–Crippen MR) is 139 cm³/mol. The van der Waals surface area contributed by atoms with Crippen LogP contribution in [0.2, 0.25) is 0 Å². The highest BCUT2D eigenvalue weighted by Gasteiger charge is 2.49. The topological polar surface area (TPSA) is 63.7 Å². The quantitative estimate of drug-likeness (QED) is 0.199. The third-order valence-electron chi connectivity index (χ3n) is 6.81. The van der Waals surface area contributed by atoms with Crippen molar-refractivity contribution in [3.63, 3.8) is 0 Å². The van der Waals surface area contributed by atoms with Gasteiger partial charge >= 0.3 is 15.6 Å². The molecule has 5 nitrogen and oxygen atoms in total. The summed E-state index contributed by atoms with van der Waals surface area (Å²) in [6, 6.07) is 16.1. The Kier molecular flexibility index (Phi) is 7.07. The van der Waals surface area contributed by atoms with E-state index in [9.17, 15) is 30.8 Å². The molecule has 0 fully saturated rings. The summed E-state index contributed by atoms with van der Waals surface area (Å²) in [5, 5.41) is 0.747. The van der Waals surface area contributed by atoms with Gasteiger partial charge in [-0.15, -0.1) is 0 Å². The van der Waals surface area contributed by atoms with Crippen molar-refractivity contribution in [2.24, 2.45) is 0 Å². The zero-order valence-corrected chi connectivity index (χ0v) is 21.3. The molecule has 5 rings (SSSR count). The average Bonchev–Trinajstić information content (AvgIpc) is 3.21. The molecule has 0 atom stereocenters. The van der Waals surface area contributed by atoms with Crippen molar-refractivity contribution in [2.45, 2.75) is 30.8 Å². The first-order chi connectivity index (χ1) is 18.5. The molecule has 0 saturated heterocycles. The highest BCUT2D eigenvalue weighted by atomic mass is 32.2. The molecule has 10 heteroatoms. The second-order valence-corrected chi connectivity index (χ2v) is 10.9. The van der Waals surface area contributed by atoms with E-state index in [-0.39, 0.29) is 23.9 Å². The first kappa shape index (κ1) is 26.7. The lowest BCUT2D eigenvalue weighted by molar-refractivity contribution is -0.0500. The standard InChI is InChI=1S/C29H23F4NO4S/c30-23-11-5-1-7-19(15-23)18-34(24-16-21-9-2-3-10-22(21)17-24)28(35)27-25-12-6-4-8-20(25)13-14-26(27)38-39(36,37)29(31,32)33/h1-14,24H,15-18H2. The Balaban J connectivity index is 1.62. The monoisotopic (exact) mass is 557 g/mol. The Morgan fingerprint density at radius 1 is 0.923 bits per heavy atom. The predicted octanol–water partition coefficient (Wildman–Crippen LogP) is 6.42. The van der Waals surface area contributed by atoms with Crippen LogP contribution in [0.15, 0.2) is 96.4 Å². The van der Waals surface area contributed by atoms with Gasteiger partial charge in [-0.1, -0.05) is 72.8 Å². The number of allylic oxidation sites excluding steroid dienone is 5.